The minimum Gasteiger partial charge on any atom is -0.456 e. The number of fused-ring (bicyclic) bond motifs is 8. The quantitative estimate of drug-likeness (QED) is 0.185. The molecule has 1 heterocycles. The molecule has 0 unspecified atom stereocenters. The highest BCUT2D eigenvalue weighted by atomic mass is 16.3. The predicted octanol–water partition coefficient (Wildman–Crippen LogP) is 13.2. The van der Waals surface area contributed by atoms with E-state index in [1.54, 1.807) is 0 Å². The Kier molecular flexibility index (Phi) is 5.64. The van der Waals surface area contributed by atoms with Crippen LogP contribution in [0.3, 0.4) is 0 Å². The van der Waals surface area contributed by atoms with Gasteiger partial charge in [0.1, 0.15) is 11.2 Å². The number of hydrogen-bond donors (Lipinski definition) is 0. The fourth-order valence-electron chi connectivity index (χ4n) is 7.84. The van der Waals surface area contributed by atoms with Crippen molar-refractivity contribution in [3.05, 3.63) is 170 Å². The number of furan rings is 1. The molecule has 0 aliphatic heterocycles. The molecule has 218 valence electrons. The molecule has 0 aliphatic rings. The van der Waals surface area contributed by atoms with Crippen molar-refractivity contribution in [1.29, 1.82) is 0 Å². The summed E-state index contributed by atoms with van der Waals surface area (Å²) in [5, 5.41) is 12.3. The molecule has 0 aliphatic carbocycles. The summed E-state index contributed by atoms with van der Waals surface area (Å²) in [5.74, 6) is 0. The zero-order chi connectivity index (χ0) is 30.9. The Balaban J connectivity index is 1.32. The Labute approximate surface area is 271 Å². The predicted molar refractivity (Wildman–Crippen MR) is 200 cm³/mol. The largest absolute Gasteiger partial charge is 0.456 e. The minimum atomic E-state index is 0.922. The van der Waals surface area contributed by atoms with E-state index in [0.717, 1.165) is 16.6 Å². The normalized spacial score (nSPS) is 11.8. The Morgan fingerprint density at radius 1 is 0.298 bits per heavy atom. The van der Waals surface area contributed by atoms with E-state index >= 15 is 0 Å². The molecule has 0 N–H and O–H groups in total. The van der Waals surface area contributed by atoms with Crippen LogP contribution < -0.4 is 0 Å². The van der Waals surface area contributed by atoms with E-state index in [9.17, 15) is 0 Å². The van der Waals surface area contributed by atoms with Gasteiger partial charge in [-0.05, 0) is 101 Å². The minimum absolute atomic E-state index is 0.922. The molecule has 10 rings (SSSR count). The van der Waals surface area contributed by atoms with Crippen molar-refractivity contribution in [2.75, 3.05) is 0 Å². The van der Waals surface area contributed by atoms with Gasteiger partial charge in [-0.1, -0.05) is 146 Å². The van der Waals surface area contributed by atoms with Crippen molar-refractivity contribution < 1.29 is 4.42 Å². The first-order valence-corrected chi connectivity index (χ1v) is 16.2. The van der Waals surface area contributed by atoms with E-state index in [1.807, 2.05) is 6.07 Å². The zero-order valence-corrected chi connectivity index (χ0v) is 25.6. The summed E-state index contributed by atoms with van der Waals surface area (Å²) >= 11 is 0. The SMILES string of the molecule is c1ccc(-c2c3ccccc3c(-c3cc(-c4cccc5c4ccc4oc6ccccc6c45)cc4ccccc34)c3ccccc23)cc1. The lowest BCUT2D eigenvalue weighted by Gasteiger charge is -2.20. The number of hydrogen-bond acceptors (Lipinski definition) is 1. The smallest absolute Gasteiger partial charge is 0.136 e. The monoisotopic (exact) mass is 596 g/mol. The summed E-state index contributed by atoms with van der Waals surface area (Å²) in [6, 6.07) is 61.6. The fraction of sp³-hybridized carbons (Fsp3) is 0. The molecule has 1 nitrogen and oxygen atoms in total. The molecule has 1 heteroatoms. The van der Waals surface area contributed by atoms with Crippen LogP contribution in [0.25, 0.3) is 98.4 Å². The van der Waals surface area contributed by atoms with Crippen LogP contribution in [0.1, 0.15) is 0 Å². The molecule has 47 heavy (non-hydrogen) atoms. The van der Waals surface area contributed by atoms with Gasteiger partial charge in [-0.25, -0.2) is 0 Å². The van der Waals surface area contributed by atoms with Gasteiger partial charge in [0.2, 0.25) is 0 Å². The first-order valence-electron chi connectivity index (χ1n) is 16.2. The molecule has 0 amide bonds. The molecule has 1 aromatic heterocycles. The molecule has 0 saturated carbocycles. The van der Waals surface area contributed by atoms with Crippen LogP contribution in [-0.2, 0) is 0 Å². The molecule has 10 aromatic rings. The Morgan fingerprint density at radius 3 is 1.64 bits per heavy atom. The van der Waals surface area contributed by atoms with E-state index in [4.69, 9.17) is 4.42 Å². The Hall–Kier alpha value is -6.18. The molecule has 0 spiro atoms. The third kappa shape index (κ3) is 3.90. The Bertz CT molecular complexity index is 2780. The molecule has 0 radical (unpaired) electrons. The highest BCUT2D eigenvalue weighted by Crippen LogP contribution is 2.47. The van der Waals surface area contributed by atoms with Crippen molar-refractivity contribution in [3.8, 4) is 33.4 Å². The van der Waals surface area contributed by atoms with Gasteiger partial charge in [0, 0.05) is 10.8 Å². The van der Waals surface area contributed by atoms with Gasteiger partial charge in [-0.3, -0.25) is 0 Å². The van der Waals surface area contributed by atoms with E-state index in [0.29, 0.717) is 0 Å². The second-order valence-corrected chi connectivity index (χ2v) is 12.4. The summed E-state index contributed by atoms with van der Waals surface area (Å²) in [6.45, 7) is 0. The lowest BCUT2D eigenvalue weighted by atomic mass is 9.83. The first kappa shape index (κ1) is 26.1. The van der Waals surface area contributed by atoms with Gasteiger partial charge in [0.25, 0.3) is 0 Å². The standard InChI is InChI=1S/C46H28O/c1-2-13-29(14-3-1)44-36-17-6-8-19-38(36)45(39-20-9-7-18-37(39)44)41-28-31(27-30-15-4-5-16-32(30)41)33-22-12-23-35-34(33)25-26-43-46(35)40-21-10-11-24-42(40)47-43/h1-28H. The summed E-state index contributed by atoms with van der Waals surface area (Å²) in [4.78, 5) is 0. The zero-order valence-electron chi connectivity index (χ0n) is 25.6. The average Bonchev–Trinajstić information content (AvgIpc) is 3.53. The second kappa shape index (κ2) is 10.2. The van der Waals surface area contributed by atoms with Crippen molar-refractivity contribution in [1.82, 2.24) is 0 Å². The summed E-state index contributed by atoms with van der Waals surface area (Å²) in [7, 11) is 0. The van der Waals surface area contributed by atoms with Gasteiger partial charge in [-0.15, -0.1) is 0 Å². The van der Waals surface area contributed by atoms with Crippen LogP contribution in [0.15, 0.2) is 174 Å². The molecule has 0 saturated heterocycles. The van der Waals surface area contributed by atoms with Crippen LogP contribution in [-0.4, -0.2) is 0 Å². The average molecular weight is 597 g/mol. The van der Waals surface area contributed by atoms with Crippen LogP contribution in [0.2, 0.25) is 0 Å². The number of para-hydroxylation sites is 1. The van der Waals surface area contributed by atoms with Gasteiger partial charge in [0.15, 0.2) is 0 Å². The molecular formula is C46H28O. The van der Waals surface area contributed by atoms with Gasteiger partial charge >= 0.3 is 0 Å². The van der Waals surface area contributed by atoms with Crippen molar-refractivity contribution in [3.63, 3.8) is 0 Å². The second-order valence-electron chi connectivity index (χ2n) is 12.4. The van der Waals surface area contributed by atoms with E-state index in [-0.39, 0.29) is 0 Å². The van der Waals surface area contributed by atoms with Gasteiger partial charge in [-0.2, -0.15) is 0 Å². The third-order valence-corrected chi connectivity index (χ3v) is 9.84. The van der Waals surface area contributed by atoms with Crippen LogP contribution in [0.4, 0.5) is 0 Å². The lowest BCUT2D eigenvalue weighted by Crippen LogP contribution is -1.92. The maximum absolute atomic E-state index is 6.26. The summed E-state index contributed by atoms with van der Waals surface area (Å²) < 4.78 is 6.26. The van der Waals surface area contributed by atoms with E-state index < -0.39 is 0 Å². The summed E-state index contributed by atoms with van der Waals surface area (Å²) in [6.07, 6.45) is 0. The lowest BCUT2D eigenvalue weighted by molar-refractivity contribution is 0.669. The summed E-state index contributed by atoms with van der Waals surface area (Å²) in [5.41, 5.74) is 9.31. The maximum Gasteiger partial charge on any atom is 0.136 e. The first-order chi connectivity index (χ1) is 23.3. The van der Waals surface area contributed by atoms with E-state index in [1.165, 1.54) is 81.9 Å². The fourth-order valence-corrected chi connectivity index (χ4v) is 7.84. The molecule has 0 fully saturated rings. The number of rotatable bonds is 3. The topological polar surface area (TPSA) is 13.1 Å². The van der Waals surface area contributed by atoms with Crippen molar-refractivity contribution >= 4 is 65.0 Å². The van der Waals surface area contributed by atoms with Gasteiger partial charge < -0.3 is 4.42 Å². The highest BCUT2D eigenvalue weighted by Gasteiger charge is 2.19. The van der Waals surface area contributed by atoms with Crippen LogP contribution >= 0.6 is 0 Å². The van der Waals surface area contributed by atoms with Crippen LogP contribution in [0, 0.1) is 0 Å². The molecule has 9 aromatic carbocycles. The molecular weight excluding hydrogens is 569 g/mol. The van der Waals surface area contributed by atoms with Crippen molar-refractivity contribution in [2.45, 2.75) is 0 Å². The van der Waals surface area contributed by atoms with Crippen molar-refractivity contribution in [2.24, 2.45) is 0 Å². The molecule has 0 atom stereocenters. The maximum atomic E-state index is 6.26. The number of benzene rings is 9. The molecule has 0 bridgehead atoms. The highest BCUT2D eigenvalue weighted by molar-refractivity contribution is 6.25. The Morgan fingerprint density at radius 2 is 0.894 bits per heavy atom. The van der Waals surface area contributed by atoms with Gasteiger partial charge in [0.05, 0.1) is 0 Å². The van der Waals surface area contributed by atoms with Crippen LogP contribution in [0.5, 0.6) is 0 Å². The third-order valence-electron chi connectivity index (χ3n) is 9.84. The van der Waals surface area contributed by atoms with E-state index in [2.05, 4.69) is 164 Å².